The lowest BCUT2D eigenvalue weighted by Gasteiger charge is -2.23. The van der Waals surface area contributed by atoms with Crippen LogP contribution in [-0.2, 0) is 11.2 Å². The number of fused-ring (bicyclic) bond motifs is 1. The zero-order chi connectivity index (χ0) is 14.7. The molecule has 1 aromatic carbocycles. The molecule has 0 radical (unpaired) electrons. The molecule has 1 aliphatic heterocycles. The highest BCUT2D eigenvalue weighted by Crippen LogP contribution is 2.27. The number of nitrogens with zero attached hydrogens (tertiary/aromatic N) is 1. The maximum absolute atomic E-state index is 14.0. The van der Waals surface area contributed by atoms with Crippen molar-refractivity contribution >= 4 is 6.21 Å². The molecule has 0 N–H and O–H groups in total. The molecular formula is C16H22FNO2. The summed E-state index contributed by atoms with van der Waals surface area (Å²) in [6, 6.07) is 3.56. The van der Waals surface area contributed by atoms with E-state index in [2.05, 4.69) is 18.8 Å². The third-order valence-electron chi connectivity index (χ3n) is 3.67. The van der Waals surface area contributed by atoms with Crippen LogP contribution in [0.1, 0.15) is 31.9 Å². The second-order valence-electron chi connectivity index (χ2n) is 5.63. The van der Waals surface area contributed by atoms with E-state index in [0.717, 1.165) is 17.5 Å². The Hall–Kier alpha value is -1.42. The van der Waals surface area contributed by atoms with Crippen molar-refractivity contribution in [2.24, 2.45) is 10.9 Å². The first kappa shape index (κ1) is 15.0. The van der Waals surface area contributed by atoms with E-state index in [1.807, 2.05) is 6.92 Å². The van der Waals surface area contributed by atoms with Crippen LogP contribution in [0.5, 0.6) is 5.75 Å². The molecule has 4 heteroatoms. The molecule has 2 unspecified atom stereocenters. The fourth-order valence-corrected chi connectivity index (χ4v) is 2.16. The minimum atomic E-state index is -0.346. The molecule has 1 aliphatic rings. The van der Waals surface area contributed by atoms with Crippen LogP contribution < -0.4 is 4.74 Å². The first-order valence-electron chi connectivity index (χ1n) is 7.02. The van der Waals surface area contributed by atoms with Crippen molar-refractivity contribution in [2.75, 3.05) is 13.7 Å². The van der Waals surface area contributed by atoms with Crippen molar-refractivity contribution in [3.05, 3.63) is 29.1 Å². The third kappa shape index (κ3) is 3.37. The average Bonchev–Trinajstić information content (AvgIpc) is 2.44. The Bertz CT molecular complexity index is 499. The number of methoxy groups -OCH3 is 1. The van der Waals surface area contributed by atoms with E-state index in [4.69, 9.17) is 9.47 Å². The predicted octanol–water partition coefficient (Wildman–Crippen LogP) is 3.24. The first-order chi connectivity index (χ1) is 9.51. The molecule has 0 amide bonds. The van der Waals surface area contributed by atoms with E-state index < -0.39 is 0 Å². The number of hydrogen-bond donors (Lipinski definition) is 0. The molecule has 110 valence electrons. The van der Waals surface area contributed by atoms with Crippen LogP contribution in [0, 0.1) is 11.7 Å². The number of rotatable bonds is 5. The summed E-state index contributed by atoms with van der Waals surface area (Å²) in [5.41, 5.74) is 1.95. The van der Waals surface area contributed by atoms with Gasteiger partial charge in [0.15, 0.2) is 11.6 Å². The molecule has 2 rings (SSSR count). The molecular weight excluding hydrogens is 257 g/mol. The van der Waals surface area contributed by atoms with E-state index in [1.165, 1.54) is 6.07 Å². The summed E-state index contributed by atoms with van der Waals surface area (Å²) in [5, 5.41) is 0. The Morgan fingerprint density at radius 3 is 2.75 bits per heavy atom. The molecule has 0 saturated carbocycles. The molecule has 0 saturated heterocycles. The van der Waals surface area contributed by atoms with Crippen LogP contribution >= 0.6 is 0 Å². The summed E-state index contributed by atoms with van der Waals surface area (Å²) in [4.78, 5) is 4.48. The molecule has 20 heavy (non-hydrogen) atoms. The molecule has 1 aromatic rings. The second kappa shape index (κ2) is 6.35. The Morgan fingerprint density at radius 2 is 2.10 bits per heavy atom. The highest BCUT2D eigenvalue weighted by Gasteiger charge is 2.20. The smallest absolute Gasteiger partial charge is 0.165 e. The van der Waals surface area contributed by atoms with Gasteiger partial charge in [-0.2, -0.15) is 0 Å². The van der Waals surface area contributed by atoms with Gasteiger partial charge in [0.2, 0.25) is 0 Å². The highest BCUT2D eigenvalue weighted by molar-refractivity contribution is 5.83. The molecule has 3 nitrogen and oxygen atoms in total. The summed E-state index contributed by atoms with van der Waals surface area (Å²) in [6.45, 7) is 6.52. The van der Waals surface area contributed by atoms with E-state index in [9.17, 15) is 4.39 Å². The maximum Gasteiger partial charge on any atom is 0.165 e. The van der Waals surface area contributed by atoms with E-state index in [1.54, 1.807) is 19.4 Å². The number of hydrogen-bond acceptors (Lipinski definition) is 3. The van der Waals surface area contributed by atoms with Crippen molar-refractivity contribution < 1.29 is 13.9 Å². The van der Waals surface area contributed by atoms with Crippen molar-refractivity contribution in [3.8, 4) is 5.75 Å². The first-order valence-corrected chi connectivity index (χ1v) is 7.02. The van der Waals surface area contributed by atoms with Gasteiger partial charge in [0.05, 0.1) is 12.1 Å². The van der Waals surface area contributed by atoms with Gasteiger partial charge in [0.1, 0.15) is 6.61 Å². The number of benzene rings is 1. The Labute approximate surface area is 119 Å². The Morgan fingerprint density at radius 1 is 1.35 bits per heavy atom. The zero-order valence-electron chi connectivity index (χ0n) is 12.5. The summed E-state index contributed by atoms with van der Waals surface area (Å²) >= 11 is 0. The third-order valence-corrected chi connectivity index (χ3v) is 3.67. The Balaban J connectivity index is 2.17. The molecule has 0 aliphatic carbocycles. The molecule has 2 atom stereocenters. The SMILES string of the molecule is COC(C)COc1cc2c(cc1F)C=NC(C(C)C)C2. The maximum atomic E-state index is 14.0. The Kier molecular flexibility index (Phi) is 4.76. The summed E-state index contributed by atoms with van der Waals surface area (Å²) < 4.78 is 24.6. The van der Waals surface area contributed by atoms with Crippen molar-refractivity contribution in [3.63, 3.8) is 0 Å². The van der Waals surface area contributed by atoms with Gasteiger partial charge in [0.25, 0.3) is 0 Å². The van der Waals surface area contributed by atoms with Crippen LogP contribution in [0.2, 0.25) is 0 Å². The zero-order valence-corrected chi connectivity index (χ0v) is 12.5. The van der Waals surface area contributed by atoms with E-state index >= 15 is 0 Å². The van der Waals surface area contributed by atoms with E-state index in [-0.39, 0.29) is 18.0 Å². The lowest BCUT2D eigenvalue weighted by Crippen LogP contribution is -2.21. The van der Waals surface area contributed by atoms with Crippen LogP contribution in [0.25, 0.3) is 0 Å². The summed E-state index contributed by atoms with van der Waals surface area (Å²) in [6.07, 6.45) is 2.55. The monoisotopic (exact) mass is 279 g/mol. The van der Waals surface area contributed by atoms with Gasteiger partial charge in [-0.25, -0.2) is 4.39 Å². The van der Waals surface area contributed by atoms with Gasteiger partial charge in [-0.3, -0.25) is 4.99 Å². The largest absolute Gasteiger partial charge is 0.488 e. The highest BCUT2D eigenvalue weighted by atomic mass is 19.1. The van der Waals surface area contributed by atoms with Gasteiger partial charge in [0, 0.05) is 13.3 Å². The molecule has 0 spiro atoms. The minimum Gasteiger partial charge on any atom is -0.488 e. The minimum absolute atomic E-state index is 0.0598. The van der Waals surface area contributed by atoms with Crippen molar-refractivity contribution in [1.82, 2.24) is 0 Å². The standard InChI is InChI=1S/C16H22FNO2/c1-10(2)15-6-12-7-16(20-9-11(3)19-4)14(17)5-13(12)8-18-15/h5,7-8,10-11,15H,6,9H2,1-4H3. The summed E-state index contributed by atoms with van der Waals surface area (Å²) in [7, 11) is 1.61. The number of aliphatic imine (C=N–C) groups is 1. The fourth-order valence-electron chi connectivity index (χ4n) is 2.16. The number of halogens is 1. The summed E-state index contributed by atoms with van der Waals surface area (Å²) in [5.74, 6) is 0.425. The van der Waals surface area contributed by atoms with Gasteiger partial charge in [-0.1, -0.05) is 13.8 Å². The van der Waals surface area contributed by atoms with Crippen molar-refractivity contribution in [2.45, 2.75) is 39.3 Å². The molecule has 0 aromatic heterocycles. The van der Waals surface area contributed by atoms with Crippen LogP contribution in [0.15, 0.2) is 17.1 Å². The van der Waals surface area contributed by atoms with Gasteiger partial charge in [-0.05, 0) is 42.5 Å². The van der Waals surface area contributed by atoms with E-state index in [0.29, 0.717) is 18.3 Å². The normalized spacial score (nSPS) is 19.0. The average molecular weight is 279 g/mol. The number of ether oxygens (including phenoxy) is 2. The van der Waals surface area contributed by atoms with Gasteiger partial charge in [-0.15, -0.1) is 0 Å². The predicted molar refractivity (Wildman–Crippen MR) is 78.3 cm³/mol. The van der Waals surface area contributed by atoms with Crippen LogP contribution in [-0.4, -0.2) is 32.1 Å². The lowest BCUT2D eigenvalue weighted by molar-refractivity contribution is 0.0701. The van der Waals surface area contributed by atoms with Crippen LogP contribution in [0.3, 0.4) is 0 Å². The molecule has 0 fully saturated rings. The lowest BCUT2D eigenvalue weighted by atomic mass is 9.91. The van der Waals surface area contributed by atoms with Gasteiger partial charge >= 0.3 is 0 Å². The quantitative estimate of drug-likeness (QED) is 0.828. The van der Waals surface area contributed by atoms with Gasteiger partial charge < -0.3 is 9.47 Å². The second-order valence-corrected chi connectivity index (χ2v) is 5.63. The molecule has 1 heterocycles. The molecule has 0 bridgehead atoms. The van der Waals surface area contributed by atoms with Crippen molar-refractivity contribution in [1.29, 1.82) is 0 Å². The van der Waals surface area contributed by atoms with Crippen LogP contribution in [0.4, 0.5) is 4.39 Å². The fraction of sp³-hybridized carbons (Fsp3) is 0.562. The topological polar surface area (TPSA) is 30.8 Å².